The number of carbonyl (C=O) groups excluding carboxylic acids is 1. The molecule has 0 spiro atoms. The van der Waals surface area contributed by atoms with Crippen LogP contribution in [-0.2, 0) is 11.8 Å². The first-order chi connectivity index (χ1) is 8.13. The van der Waals surface area contributed by atoms with Crippen molar-refractivity contribution in [3.05, 3.63) is 24.0 Å². The molecule has 2 N–H and O–H groups in total. The number of nitrogens with one attached hydrogen (secondary N) is 2. The summed E-state index contributed by atoms with van der Waals surface area (Å²) in [6.45, 7) is 1.84. The monoisotopic (exact) mass is 234 g/mol. The maximum absolute atomic E-state index is 11.3. The van der Waals surface area contributed by atoms with E-state index >= 15 is 0 Å². The normalized spacial score (nSPS) is 10.3. The number of ether oxygens (including phenoxy) is 1. The molecule has 0 aliphatic rings. The number of hydrogen-bond donors (Lipinski definition) is 2. The molecule has 90 valence electrons. The molecule has 17 heavy (non-hydrogen) atoms. The lowest BCUT2D eigenvalue weighted by molar-refractivity contribution is 0.187. The second kappa shape index (κ2) is 4.32. The van der Waals surface area contributed by atoms with E-state index in [1.807, 2.05) is 36.9 Å². The number of H-pyrrole nitrogens is 1. The Morgan fingerprint density at radius 3 is 2.94 bits per heavy atom. The molecule has 6 heteroatoms. The zero-order chi connectivity index (χ0) is 12.4. The lowest BCUT2D eigenvalue weighted by Crippen LogP contribution is -2.12. The summed E-state index contributed by atoms with van der Waals surface area (Å²) in [7, 11) is 3.24. The van der Waals surface area contributed by atoms with Crippen LogP contribution in [0.3, 0.4) is 0 Å². The lowest BCUT2D eigenvalue weighted by atomic mass is 10.2. The molecule has 2 aromatic rings. The third-order valence-electron chi connectivity index (χ3n) is 2.55. The molecule has 0 unspecified atom stereocenters. The number of methoxy groups -OCH3 is 1. The lowest BCUT2D eigenvalue weighted by Gasteiger charge is -2.06. The minimum absolute atomic E-state index is 0.509. The fourth-order valence-corrected chi connectivity index (χ4v) is 1.63. The Hall–Kier alpha value is -2.24. The summed E-state index contributed by atoms with van der Waals surface area (Å²) >= 11 is 0. The second-order valence-corrected chi connectivity index (χ2v) is 3.69. The average Bonchev–Trinajstić information content (AvgIpc) is 2.87. The highest BCUT2D eigenvalue weighted by Crippen LogP contribution is 2.28. The Morgan fingerprint density at radius 2 is 2.35 bits per heavy atom. The number of carbonyl (C=O) groups is 1. The standard InChI is InChI=1S/C11H14N4O2/c1-7-9(12-11(16)17-3)10(14-13-7)8-5-4-6-15(8)2/h4-6H,1-3H3,(H,12,16)(H,13,14). The van der Waals surface area contributed by atoms with E-state index in [4.69, 9.17) is 0 Å². The molecule has 0 fully saturated rings. The number of anilines is 1. The molecule has 2 rings (SSSR count). The fraction of sp³-hybridized carbons (Fsp3) is 0.273. The molecule has 0 aliphatic heterocycles. The number of aromatic amines is 1. The van der Waals surface area contributed by atoms with Crippen LogP contribution < -0.4 is 5.32 Å². The van der Waals surface area contributed by atoms with Gasteiger partial charge in [-0.1, -0.05) is 0 Å². The largest absolute Gasteiger partial charge is 0.453 e. The number of aromatic nitrogens is 3. The van der Waals surface area contributed by atoms with Crippen LogP contribution in [0.15, 0.2) is 18.3 Å². The number of nitrogens with zero attached hydrogens (tertiary/aromatic N) is 2. The minimum atomic E-state index is -0.509. The number of rotatable bonds is 2. The van der Waals surface area contributed by atoms with Crippen LogP contribution in [0, 0.1) is 6.92 Å². The van der Waals surface area contributed by atoms with Crippen molar-refractivity contribution in [3.63, 3.8) is 0 Å². The Bertz CT molecular complexity index is 541. The van der Waals surface area contributed by atoms with E-state index in [2.05, 4.69) is 20.3 Å². The van der Waals surface area contributed by atoms with Crippen LogP contribution in [0.2, 0.25) is 0 Å². The van der Waals surface area contributed by atoms with Gasteiger partial charge in [0.1, 0.15) is 5.69 Å². The Balaban J connectivity index is 2.42. The molecule has 0 radical (unpaired) electrons. The summed E-state index contributed by atoms with van der Waals surface area (Å²) < 4.78 is 6.51. The molecule has 0 bridgehead atoms. The molecule has 0 atom stereocenters. The van der Waals surface area contributed by atoms with Crippen LogP contribution in [-0.4, -0.2) is 28.0 Å². The van der Waals surface area contributed by atoms with Crippen molar-refractivity contribution in [2.45, 2.75) is 6.92 Å². The van der Waals surface area contributed by atoms with Crippen LogP contribution in [0.4, 0.5) is 10.5 Å². The molecule has 1 amide bonds. The predicted molar refractivity (Wildman–Crippen MR) is 63.8 cm³/mol. The first kappa shape index (κ1) is 11.3. The predicted octanol–water partition coefficient (Wildman–Crippen LogP) is 1.90. The van der Waals surface area contributed by atoms with E-state index in [0.717, 1.165) is 11.4 Å². The highest BCUT2D eigenvalue weighted by molar-refractivity contribution is 5.90. The van der Waals surface area contributed by atoms with Crippen LogP contribution in [0.1, 0.15) is 5.69 Å². The topological polar surface area (TPSA) is 71.9 Å². The van der Waals surface area contributed by atoms with Crippen LogP contribution in [0.5, 0.6) is 0 Å². The van der Waals surface area contributed by atoms with Gasteiger partial charge in [-0.2, -0.15) is 5.10 Å². The first-order valence-electron chi connectivity index (χ1n) is 5.15. The van der Waals surface area contributed by atoms with Crippen molar-refractivity contribution in [1.82, 2.24) is 14.8 Å². The van der Waals surface area contributed by atoms with Crippen molar-refractivity contribution in [3.8, 4) is 11.4 Å². The summed E-state index contributed by atoms with van der Waals surface area (Å²) in [6.07, 6.45) is 1.41. The molecule has 0 aromatic carbocycles. The highest BCUT2D eigenvalue weighted by Gasteiger charge is 2.16. The Labute approximate surface area is 98.6 Å². The fourth-order valence-electron chi connectivity index (χ4n) is 1.63. The smallest absolute Gasteiger partial charge is 0.411 e. The van der Waals surface area contributed by atoms with Gasteiger partial charge in [-0.25, -0.2) is 4.79 Å². The molecule has 0 saturated heterocycles. The molecule has 2 aromatic heterocycles. The van der Waals surface area contributed by atoms with Gasteiger partial charge in [0, 0.05) is 13.2 Å². The summed E-state index contributed by atoms with van der Waals surface area (Å²) in [5, 5.41) is 9.69. The van der Waals surface area contributed by atoms with Crippen molar-refractivity contribution < 1.29 is 9.53 Å². The molecule has 6 nitrogen and oxygen atoms in total. The zero-order valence-corrected chi connectivity index (χ0v) is 9.94. The summed E-state index contributed by atoms with van der Waals surface area (Å²) in [5.41, 5.74) is 3.03. The van der Waals surface area contributed by atoms with Gasteiger partial charge in [-0.05, 0) is 19.1 Å². The summed E-state index contributed by atoms with van der Waals surface area (Å²) in [6, 6.07) is 3.85. The van der Waals surface area contributed by atoms with Crippen molar-refractivity contribution in [2.24, 2.45) is 7.05 Å². The first-order valence-corrected chi connectivity index (χ1v) is 5.15. The van der Waals surface area contributed by atoms with E-state index in [1.165, 1.54) is 7.11 Å². The average molecular weight is 234 g/mol. The zero-order valence-electron chi connectivity index (χ0n) is 9.94. The van der Waals surface area contributed by atoms with Gasteiger partial charge in [-0.3, -0.25) is 10.4 Å². The van der Waals surface area contributed by atoms with Gasteiger partial charge in [0.25, 0.3) is 0 Å². The minimum Gasteiger partial charge on any atom is -0.453 e. The summed E-state index contributed by atoms with van der Waals surface area (Å²) in [4.78, 5) is 11.3. The van der Waals surface area contributed by atoms with E-state index in [0.29, 0.717) is 11.4 Å². The molecular weight excluding hydrogens is 220 g/mol. The summed E-state index contributed by atoms with van der Waals surface area (Å²) in [5.74, 6) is 0. The van der Waals surface area contributed by atoms with Gasteiger partial charge in [0.2, 0.25) is 0 Å². The van der Waals surface area contributed by atoms with Crippen molar-refractivity contribution in [1.29, 1.82) is 0 Å². The van der Waals surface area contributed by atoms with Crippen LogP contribution in [0.25, 0.3) is 11.4 Å². The van der Waals surface area contributed by atoms with E-state index in [9.17, 15) is 4.79 Å². The molecule has 0 saturated carbocycles. The SMILES string of the molecule is COC(=O)Nc1c(-c2cccn2C)n[nH]c1C. The number of aryl methyl sites for hydroxylation is 2. The van der Waals surface area contributed by atoms with Crippen LogP contribution >= 0.6 is 0 Å². The van der Waals surface area contributed by atoms with Crippen molar-refractivity contribution in [2.75, 3.05) is 12.4 Å². The van der Waals surface area contributed by atoms with E-state index in [1.54, 1.807) is 0 Å². The Morgan fingerprint density at radius 1 is 1.59 bits per heavy atom. The second-order valence-electron chi connectivity index (χ2n) is 3.69. The maximum Gasteiger partial charge on any atom is 0.411 e. The van der Waals surface area contributed by atoms with Crippen molar-refractivity contribution >= 4 is 11.8 Å². The Kier molecular flexibility index (Phi) is 2.86. The van der Waals surface area contributed by atoms with E-state index < -0.39 is 6.09 Å². The van der Waals surface area contributed by atoms with Gasteiger partial charge in [0.15, 0.2) is 0 Å². The van der Waals surface area contributed by atoms with E-state index in [-0.39, 0.29) is 0 Å². The highest BCUT2D eigenvalue weighted by atomic mass is 16.5. The quantitative estimate of drug-likeness (QED) is 0.833. The third-order valence-corrected chi connectivity index (χ3v) is 2.55. The number of amides is 1. The third kappa shape index (κ3) is 2.01. The van der Waals surface area contributed by atoms with Gasteiger partial charge >= 0.3 is 6.09 Å². The maximum atomic E-state index is 11.3. The molecule has 2 heterocycles. The van der Waals surface area contributed by atoms with Gasteiger partial charge in [0.05, 0.1) is 24.2 Å². The van der Waals surface area contributed by atoms with Gasteiger partial charge in [-0.15, -0.1) is 0 Å². The molecule has 0 aliphatic carbocycles. The van der Waals surface area contributed by atoms with Gasteiger partial charge < -0.3 is 9.30 Å². The molecular formula is C11H14N4O2. The number of hydrogen-bond acceptors (Lipinski definition) is 3.